The van der Waals surface area contributed by atoms with Crippen molar-refractivity contribution in [3.8, 4) is 0 Å². The highest BCUT2D eigenvalue weighted by atomic mass is 16.6. The predicted molar refractivity (Wildman–Crippen MR) is 352 cm³/mol. The molecule has 12 unspecified atom stereocenters. The van der Waals surface area contributed by atoms with Crippen molar-refractivity contribution in [1.82, 2.24) is 0 Å². The van der Waals surface area contributed by atoms with E-state index in [9.17, 15) is 34.5 Å². The van der Waals surface area contributed by atoms with Crippen LogP contribution in [0.5, 0.6) is 0 Å². The standard InChI is InChI=1S/C30H50O8.C18H26O4.C8H8.C5H8O2.C3H4O2.6CH4/c1-7-21(4)29(33)37-28(18-32)20-36-26(9-3)16-25(15-22(5)24-13-11-10-12-14-24)30(34)38-27(17-31)19-35-23(6)8-2;1-3-16(21-11-17-12-22-17)10-15(18(19)20)9-13(2)14-7-5-4-6-8-14;1-2-8-6-4-3-5-7-8;1-2-6-3-5-4-7-5;1-2-3(4)5;;;;;;/h10-14,21-23,25-28,31-32H,7-9,15-20H2,1-6H3;4-8,13,15-17H,3,9-12H2,1-2H3,(H,19,20);2-7H,1H2;2,5H,1,3-4H2;2H,1H2,(H,4,5);6*1H4. The fraction of sp³-hybridized carbons (Fsp3) is 0.600. The van der Waals surface area contributed by atoms with Gasteiger partial charge in [-0.2, -0.15) is 0 Å². The summed E-state index contributed by atoms with van der Waals surface area (Å²) in [6.45, 7) is 28.1. The number of esters is 2. The Morgan fingerprint density at radius 1 is 0.547 bits per heavy atom. The molecule has 16 nitrogen and oxygen atoms in total. The minimum Gasteiger partial charge on any atom is -0.499 e. The normalized spacial score (nSPS) is 16.3. The highest BCUT2D eigenvalue weighted by Gasteiger charge is 2.31. The topological polar surface area (TPSA) is 230 Å². The second-order valence-corrected chi connectivity index (χ2v) is 19.9. The third-order valence-corrected chi connectivity index (χ3v) is 13.3. The van der Waals surface area contributed by atoms with Crippen LogP contribution >= 0.6 is 0 Å². The zero-order chi connectivity index (χ0) is 59.7. The third-order valence-electron chi connectivity index (χ3n) is 13.3. The van der Waals surface area contributed by atoms with E-state index in [2.05, 4.69) is 45.7 Å². The lowest BCUT2D eigenvalue weighted by Crippen LogP contribution is -2.35. The van der Waals surface area contributed by atoms with Gasteiger partial charge in [0.25, 0.3) is 0 Å². The number of aliphatic carboxylic acids is 2. The monoisotopic (exact) mass is 1220 g/mol. The summed E-state index contributed by atoms with van der Waals surface area (Å²) >= 11 is 0. The molecule has 12 atom stereocenters. The lowest BCUT2D eigenvalue weighted by Gasteiger charge is -2.27. The highest BCUT2D eigenvalue weighted by molar-refractivity contribution is 5.78. The summed E-state index contributed by atoms with van der Waals surface area (Å²) in [6, 6.07) is 30.1. The van der Waals surface area contributed by atoms with Crippen molar-refractivity contribution in [3.05, 3.63) is 140 Å². The van der Waals surface area contributed by atoms with Gasteiger partial charge in [0, 0.05) is 6.08 Å². The van der Waals surface area contributed by atoms with Gasteiger partial charge < -0.3 is 58.3 Å². The molecule has 16 heteroatoms. The maximum absolute atomic E-state index is 13.3. The van der Waals surface area contributed by atoms with Gasteiger partial charge in [-0.05, 0) is 86.8 Å². The number of ether oxygens (including phenoxy) is 8. The van der Waals surface area contributed by atoms with Crippen LogP contribution < -0.4 is 0 Å². The molecule has 0 amide bonds. The summed E-state index contributed by atoms with van der Waals surface area (Å²) in [5, 5.41) is 36.6. The largest absolute Gasteiger partial charge is 0.499 e. The van der Waals surface area contributed by atoms with E-state index in [1.54, 1.807) is 6.92 Å². The maximum atomic E-state index is 13.3. The van der Waals surface area contributed by atoms with E-state index in [1.165, 1.54) is 17.4 Å². The van der Waals surface area contributed by atoms with Gasteiger partial charge in [-0.15, -0.1) is 0 Å². The van der Waals surface area contributed by atoms with Crippen molar-refractivity contribution < 1.29 is 77.5 Å². The number of hydrogen-bond donors (Lipinski definition) is 4. The molecule has 2 heterocycles. The molecule has 2 aliphatic heterocycles. The average molecular weight is 1220 g/mol. The summed E-state index contributed by atoms with van der Waals surface area (Å²) in [6.07, 6.45) is 7.92. The van der Waals surface area contributed by atoms with Gasteiger partial charge >= 0.3 is 23.9 Å². The van der Waals surface area contributed by atoms with E-state index in [1.807, 2.05) is 120 Å². The van der Waals surface area contributed by atoms with Gasteiger partial charge in [0.05, 0.1) is 88.6 Å². The van der Waals surface area contributed by atoms with Crippen molar-refractivity contribution in [2.75, 3.05) is 52.9 Å². The molecule has 0 aliphatic carbocycles. The van der Waals surface area contributed by atoms with Crippen LogP contribution in [-0.4, -0.2) is 140 Å². The smallest absolute Gasteiger partial charge is 0.327 e. The Labute approximate surface area is 521 Å². The molecule has 2 fully saturated rings. The Balaban J connectivity index is -0.000000278. The number of carboxylic acid groups (broad SMARTS) is 2. The van der Waals surface area contributed by atoms with Gasteiger partial charge in [0.15, 0.2) is 0 Å². The van der Waals surface area contributed by atoms with Crippen molar-refractivity contribution >= 4 is 30.0 Å². The van der Waals surface area contributed by atoms with E-state index in [4.69, 9.17) is 43.0 Å². The van der Waals surface area contributed by atoms with Gasteiger partial charge in [-0.25, -0.2) is 4.79 Å². The number of aliphatic hydroxyl groups excluding tert-OH is 2. The minimum absolute atomic E-state index is 0. The number of carboxylic acids is 2. The quantitative estimate of drug-likeness (QED) is 0.0186. The Morgan fingerprint density at radius 2 is 0.953 bits per heavy atom. The number of rotatable bonds is 35. The van der Waals surface area contributed by atoms with Gasteiger partial charge in [-0.1, -0.05) is 210 Å². The number of epoxide rings is 2. The molecular formula is C70H120O16. The fourth-order valence-corrected chi connectivity index (χ4v) is 7.54. The maximum Gasteiger partial charge on any atom is 0.327 e. The molecule has 2 aliphatic rings. The molecule has 496 valence electrons. The fourth-order valence-electron chi connectivity index (χ4n) is 7.54. The molecule has 0 radical (unpaired) electrons. The molecule has 0 saturated carbocycles. The molecule has 0 spiro atoms. The molecule has 0 bridgehead atoms. The summed E-state index contributed by atoms with van der Waals surface area (Å²) in [5.74, 6) is -3.27. The third kappa shape index (κ3) is 43.8. The van der Waals surface area contributed by atoms with Crippen LogP contribution in [0.25, 0.3) is 6.08 Å². The first-order chi connectivity index (χ1) is 38.4. The number of carbonyl (C=O) groups is 4. The summed E-state index contributed by atoms with van der Waals surface area (Å²) in [5.41, 5.74) is 3.48. The molecule has 0 aromatic heterocycles. The molecule has 3 aromatic rings. The van der Waals surface area contributed by atoms with Crippen LogP contribution in [0.1, 0.15) is 180 Å². The number of carbonyl (C=O) groups excluding carboxylic acids is 2. The second kappa shape index (κ2) is 55.8. The van der Waals surface area contributed by atoms with Crippen molar-refractivity contribution in [1.29, 1.82) is 0 Å². The Bertz CT molecular complexity index is 2100. The number of hydrogen-bond acceptors (Lipinski definition) is 14. The Morgan fingerprint density at radius 3 is 1.33 bits per heavy atom. The van der Waals surface area contributed by atoms with Gasteiger partial charge in [0.2, 0.25) is 0 Å². The zero-order valence-corrected chi connectivity index (χ0v) is 48.9. The van der Waals surface area contributed by atoms with E-state index in [0.29, 0.717) is 57.8 Å². The average Bonchev–Trinajstić information content (AvgIpc) is 4.55. The van der Waals surface area contributed by atoms with E-state index in [0.717, 1.165) is 37.7 Å². The highest BCUT2D eigenvalue weighted by Crippen LogP contribution is 2.30. The number of benzene rings is 3. The van der Waals surface area contributed by atoms with Crippen LogP contribution in [0.3, 0.4) is 0 Å². The van der Waals surface area contributed by atoms with Crippen molar-refractivity contribution in [2.24, 2.45) is 17.8 Å². The molecule has 2 saturated heterocycles. The minimum atomic E-state index is -0.981. The predicted octanol–water partition coefficient (Wildman–Crippen LogP) is 15.1. The van der Waals surface area contributed by atoms with Crippen molar-refractivity contribution in [3.63, 3.8) is 0 Å². The molecular weight excluding hydrogens is 1100 g/mol. The second-order valence-electron chi connectivity index (χ2n) is 19.9. The van der Waals surface area contributed by atoms with E-state index < -0.39 is 36.0 Å². The van der Waals surface area contributed by atoms with E-state index >= 15 is 0 Å². The number of aliphatic hydroxyl groups is 2. The van der Waals surface area contributed by atoms with Crippen LogP contribution in [-0.2, 0) is 57.1 Å². The lowest BCUT2D eigenvalue weighted by molar-refractivity contribution is -0.164. The Kier molecular flexibility index (Phi) is 59.4. The molecule has 5 rings (SSSR count). The van der Waals surface area contributed by atoms with Gasteiger partial charge in [0.1, 0.15) is 31.0 Å². The SMILES string of the molecule is C.C.C.C.C.C.C=CC(=O)O.C=COCC1CO1.C=Cc1ccccc1.CCC(C)OCC(CO)OC(=O)C(CC(CC)OCC(CO)OC(=O)C(C)CC)CC(C)c1ccccc1.CCC(CC(CC(C)c1ccccc1)C(=O)O)OCC1CO1. The first kappa shape index (κ1) is 91.5. The summed E-state index contributed by atoms with van der Waals surface area (Å²) < 4.78 is 43.4. The zero-order valence-electron chi connectivity index (χ0n) is 48.9. The lowest BCUT2D eigenvalue weighted by atomic mass is 9.86. The molecule has 4 N–H and O–H groups in total. The Hall–Kier alpha value is -5.72. The molecule has 86 heavy (non-hydrogen) atoms. The summed E-state index contributed by atoms with van der Waals surface area (Å²) in [7, 11) is 0. The summed E-state index contributed by atoms with van der Waals surface area (Å²) in [4.78, 5) is 46.3. The van der Waals surface area contributed by atoms with Crippen LogP contribution in [0, 0.1) is 17.8 Å². The first-order valence-corrected chi connectivity index (χ1v) is 28.2. The first-order valence-electron chi connectivity index (χ1n) is 28.2. The van der Waals surface area contributed by atoms with Crippen LogP contribution in [0.15, 0.2) is 123 Å². The van der Waals surface area contributed by atoms with E-state index in [-0.39, 0.29) is 125 Å². The van der Waals surface area contributed by atoms with Gasteiger partial charge in [-0.3, -0.25) is 14.4 Å². The molecule has 3 aromatic carbocycles. The van der Waals surface area contributed by atoms with Crippen LogP contribution in [0.2, 0.25) is 0 Å². The van der Waals surface area contributed by atoms with Crippen LogP contribution in [0.4, 0.5) is 0 Å². The van der Waals surface area contributed by atoms with Crippen molar-refractivity contribution in [2.45, 2.75) is 206 Å².